The quantitative estimate of drug-likeness (QED) is 0.128. The Bertz CT molecular complexity index is 1830. The topological polar surface area (TPSA) is 122 Å². The predicted molar refractivity (Wildman–Crippen MR) is 220 cm³/mol. The van der Waals surface area contributed by atoms with Gasteiger partial charge >= 0.3 is 138 Å². The molecule has 2 fully saturated rings. The molecule has 1 N–H and O–H groups in total. The number of fused-ring (bicyclic) bond motifs is 2. The molecule has 2 aliphatic carbocycles. The molecule has 4 aromatic rings. The van der Waals surface area contributed by atoms with Gasteiger partial charge in [-0.2, -0.15) is 8.42 Å². The van der Waals surface area contributed by atoms with Crippen LogP contribution in [0.15, 0.2) is 81.7 Å². The predicted octanol–water partition coefficient (Wildman–Crippen LogP) is 5.02. The van der Waals surface area contributed by atoms with Gasteiger partial charge in [0.1, 0.15) is 11.5 Å². The van der Waals surface area contributed by atoms with Gasteiger partial charge in [0, 0.05) is 8.95 Å². The van der Waals surface area contributed by atoms with Crippen molar-refractivity contribution in [2.45, 2.75) is 105 Å². The Labute approximate surface area is 465 Å². The van der Waals surface area contributed by atoms with E-state index in [0.717, 1.165) is 63.3 Å². The van der Waals surface area contributed by atoms with Crippen molar-refractivity contribution < 1.29 is 177 Å². The molecule has 0 bridgehead atoms. The van der Waals surface area contributed by atoms with Crippen LogP contribution in [0.2, 0.25) is 0 Å². The molecule has 0 aromatic heterocycles. The van der Waals surface area contributed by atoms with Crippen molar-refractivity contribution in [1.29, 1.82) is 0 Å². The second-order valence-electron chi connectivity index (χ2n) is 16.1. The number of hydrogen-bond acceptors (Lipinski definition) is 8. The van der Waals surface area contributed by atoms with Crippen molar-refractivity contribution in [3.05, 3.63) is 81.7 Å². The Morgan fingerprint density at radius 2 is 1.05 bits per heavy atom. The summed E-state index contributed by atoms with van der Waals surface area (Å²) >= 11 is 6.91. The summed E-state index contributed by atoms with van der Waals surface area (Å²) in [5.74, 6) is 2.84. The van der Waals surface area contributed by atoms with E-state index in [1.54, 1.807) is 12.1 Å². The summed E-state index contributed by atoms with van der Waals surface area (Å²) in [4.78, 5) is 11.2. The van der Waals surface area contributed by atoms with Crippen LogP contribution in [0.3, 0.4) is 0 Å². The Morgan fingerprint density at radius 1 is 0.673 bits per heavy atom. The first-order valence-corrected chi connectivity index (χ1v) is 21.5. The first-order chi connectivity index (χ1) is 24.8. The Hall–Kier alpha value is 1.40. The maximum Gasteiger partial charge on any atom is 1.00 e. The molecule has 0 radical (unpaired) electrons. The van der Waals surface area contributed by atoms with Crippen molar-refractivity contribution >= 4 is 70.0 Å². The third-order valence-electron chi connectivity index (χ3n) is 10.0. The first kappa shape index (κ1) is 54.4. The van der Waals surface area contributed by atoms with E-state index >= 15 is 0 Å². The maximum absolute atomic E-state index is 11.0. The van der Waals surface area contributed by atoms with E-state index in [0.29, 0.717) is 28.6 Å². The molecule has 6 rings (SSSR count). The van der Waals surface area contributed by atoms with E-state index in [1.807, 2.05) is 24.3 Å². The summed E-state index contributed by atoms with van der Waals surface area (Å²) in [6, 6.07) is 24.1. The van der Waals surface area contributed by atoms with Crippen molar-refractivity contribution in [3.8, 4) is 11.5 Å². The van der Waals surface area contributed by atoms with Crippen LogP contribution in [0.25, 0.3) is 21.5 Å². The fourth-order valence-corrected chi connectivity index (χ4v) is 8.43. The van der Waals surface area contributed by atoms with Gasteiger partial charge in [0.25, 0.3) is 16.6 Å². The van der Waals surface area contributed by atoms with Crippen LogP contribution in [0.4, 0.5) is 0 Å². The normalized spacial score (nSPS) is 19.7. The summed E-state index contributed by atoms with van der Waals surface area (Å²) in [6.07, 6.45) is 10.2. The Morgan fingerprint density at radius 3 is 1.47 bits per heavy atom. The zero-order chi connectivity index (χ0) is 39.4. The molecule has 2 aliphatic rings. The van der Waals surface area contributed by atoms with Crippen LogP contribution in [0, 0.1) is 22.7 Å². The molecule has 4 aromatic carbocycles. The molecule has 0 atom stereocenters. The molecule has 0 spiro atoms. The molecule has 0 heterocycles. The number of carbonyl (C=O) groups excluding carboxylic acids is 1. The number of aromatic hydroxyl groups is 1. The minimum absolute atomic E-state index is 0. The molecule has 55 heavy (non-hydrogen) atoms. The second-order valence-corrected chi connectivity index (χ2v) is 19.6. The number of benzene rings is 4. The van der Waals surface area contributed by atoms with Gasteiger partial charge in [-0.25, -0.2) is 0 Å². The fourth-order valence-electron chi connectivity index (χ4n) is 6.98. The van der Waals surface area contributed by atoms with Gasteiger partial charge < -0.3 is 21.4 Å². The largest absolute Gasteiger partial charge is 1.00 e. The number of rotatable bonds is 5. The molecule has 0 aliphatic heterocycles. The van der Waals surface area contributed by atoms with Crippen LogP contribution < -0.4 is 148 Å². The third-order valence-corrected chi connectivity index (χ3v) is 11.6. The van der Waals surface area contributed by atoms with E-state index in [2.05, 4.69) is 115 Å². The number of phenolic OH excluding ortho intramolecular Hbond substituents is 1. The summed E-state index contributed by atoms with van der Waals surface area (Å²) in [7, 11) is -3.28. The average Bonchev–Trinajstić information content (AvgIpc) is 3.08. The van der Waals surface area contributed by atoms with Crippen molar-refractivity contribution in [2.75, 3.05) is 6.26 Å². The van der Waals surface area contributed by atoms with Crippen LogP contribution in [-0.4, -0.2) is 38.5 Å². The molecule has 0 saturated heterocycles. The Balaban J connectivity index is 0.000000784. The number of carbonyl (C=O) groups is 1. The van der Waals surface area contributed by atoms with Crippen molar-refractivity contribution in [3.63, 3.8) is 0 Å². The van der Waals surface area contributed by atoms with Crippen LogP contribution in [0.5, 0.6) is 11.5 Å². The third kappa shape index (κ3) is 20.7. The molecule has 294 valence electrons. The summed E-state index contributed by atoms with van der Waals surface area (Å²) in [5.41, 5.74) is 0.761. The number of ether oxygens (including phenoxy) is 1. The molecule has 2 saturated carbocycles. The van der Waals surface area contributed by atoms with Gasteiger partial charge in [-0.3, -0.25) is 8.98 Å². The number of phenols is 1. The zero-order valence-corrected chi connectivity index (χ0v) is 50.5. The summed E-state index contributed by atoms with van der Waals surface area (Å²) < 4.78 is 35.3. The zero-order valence-electron chi connectivity index (χ0n) is 34.9. The van der Waals surface area contributed by atoms with Gasteiger partial charge in [-0.1, -0.05) is 97.7 Å². The molecular formula is C42H56Br2Cs2O8S. The molecule has 0 amide bonds. The van der Waals surface area contributed by atoms with Gasteiger partial charge in [-0.05, 0) is 144 Å². The number of hydrogen-bond donors (Lipinski definition) is 1. The van der Waals surface area contributed by atoms with E-state index in [-0.39, 0.29) is 152 Å². The minimum Gasteiger partial charge on any atom is -1.00 e. The first-order valence-electron chi connectivity index (χ1n) is 18.1. The van der Waals surface area contributed by atoms with Gasteiger partial charge in [0.2, 0.25) is 0 Å². The molecule has 8 nitrogen and oxygen atoms in total. The van der Waals surface area contributed by atoms with Crippen molar-refractivity contribution in [2.24, 2.45) is 22.7 Å². The molecular weight excluding hydrogens is 1090 g/mol. The van der Waals surface area contributed by atoms with E-state index < -0.39 is 10.1 Å². The monoisotopic (exact) mass is 1140 g/mol. The fraction of sp³-hybridized carbons (Fsp3) is 0.500. The van der Waals surface area contributed by atoms with Crippen LogP contribution in [-0.2, 0) is 24.0 Å². The van der Waals surface area contributed by atoms with E-state index in [1.165, 1.54) is 36.5 Å². The maximum atomic E-state index is 11.0. The van der Waals surface area contributed by atoms with Crippen LogP contribution >= 0.6 is 31.9 Å². The minimum atomic E-state index is -3.28. The average molecular weight is 1150 g/mol. The smallest absolute Gasteiger partial charge is 1.00 e. The van der Waals surface area contributed by atoms with E-state index in [4.69, 9.17) is 19.0 Å². The molecule has 13 heteroatoms. The van der Waals surface area contributed by atoms with Gasteiger partial charge in [-0.15, -0.1) is 0 Å². The van der Waals surface area contributed by atoms with Gasteiger partial charge in [0.05, 0.1) is 18.5 Å². The number of halogens is 2. The SMILES string of the molecule is CC(C)(C)C1CCC(OS(C)(=O)=O)CC1.CC(C)(C)C1CCC(Oc2ccc3cc(Br)ccc3c2)CC1.O=CO[O-].Oc1ccc2cc(Br)ccc2c1.[Cs+].[Cs+].[H-]. The second kappa shape index (κ2) is 26.0. The van der Waals surface area contributed by atoms with Crippen molar-refractivity contribution in [1.82, 2.24) is 0 Å². The molecule has 0 unspecified atom stereocenters. The standard InChI is InChI=1S/C20H25BrO.C11H22O3S.C10H7BrO.CH2O3.2Cs.H/c1-20(2,3)16-6-10-18(11-7-16)22-19-9-5-14-12-17(21)8-4-15(14)13-19;1-11(2,3)9-5-7-10(8-6-9)14-15(4,12)13;11-9-3-1-8-6-10(12)4-2-7(8)5-9;2-1-4-3;;;/h4-5,8-9,12-13,16,18H,6-7,10-11H2,1-3H3;9-10H,5-8H2,1-4H3;1-6,12H;1,3H;;;/q;;;;2*+1;-1/p-1. The van der Waals surface area contributed by atoms with E-state index in [9.17, 15) is 13.5 Å². The van der Waals surface area contributed by atoms with Crippen LogP contribution in [0.1, 0.15) is 94.3 Å². The Kier molecular flexibility index (Phi) is 25.7. The van der Waals surface area contributed by atoms with Gasteiger partial charge in [0.15, 0.2) is 0 Å². The summed E-state index contributed by atoms with van der Waals surface area (Å²) in [5, 5.41) is 22.3. The summed E-state index contributed by atoms with van der Waals surface area (Å²) in [6.45, 7) is 13.6.